The maximum absolute atomic E-state index is 11.1. The summed E-state index contributed by atoms with van der Waals surface area (Å²) in [7, 11) is 0. The Morgan fingerprint density at radius 2 is 1.30 bits per heavy atom. The number of rotatable bonds is 6. The van der Waals surface area contributed by atoms with Gasteiger partial charge in [0.2, 0.25) is 0 Å². The molecule has 0 saturated carbocycles. The molecule has 0 aliphatic heterocycles. The topological polar surface area (TPSA) is 71.1 Å². The lowest BCUT2D eigenvalue weighted by Gasteiger charge is -2.07. The third kappa shape index (κ3) is 6.08. The summed E-state index contributed by atoms with van der Waals surface area (Å²) in [5.41, 5.74) is 1.56. The summed E-state index contributed by atoms with van der Waals surface area (Å²) < 4.78 is 19.1. The van der Waals surface area contributed by atoms with Crippen LogP contribution < -0.4 is 0 Å². The second kappa shape index (κ2) is 8.79. The van der Waals surface area contributed by atoms with E-state index in [9.17, 15) is 9.59 Å². The molecule has 0 heterocycles. The summed E-state index contributed by atoms with van der Waals surface area (Å²) in [6.45, 7) is 4.15. The maximum atomic E-state index is 11.1. The molecule has 0 atom stereocenters. The molecule has 110 valence electrons. The quantitative estimate of drug-likeness (QED) is 0.747. The number of carbonyl (C=O) groups is 2. The fourth-order valence-corrected chi connectivity index (χ4v) is 1.41. The Kier molecular flexibility index (Phi) is 6.95. The van der Waals surface area contributed by atoms with Crippen LogP contribution in [-0.4, -0.2) is 25.5 Å². The molecule has 0 fully saturated rings. The summed E-state index contributed by atoms with van der Waals surface area (Å²) in [6, 6.07) is 7.16. The summed E-state index contributed by atoms with van der Waals surface area (Å²) in [5.74, 6) is 0. The molecule has 0 aromatic heterocycles. The number of ether oxygens (including phenoxy) is 4. The van der Waals surface area contributed by atoms with Crippen LogP contribution in [0, 0.1) is 0 Å². The molecule has 1 aromatic carbocycles. The number of hydrogen-bond donors (Lipinski definition) is 0. The molecule has 1 aromatic rings. The van der Waals surface area contributed by atoms with E-state index in [4.69, 9.17) is 9.47 Å². The summed E-state index contributed by atoms with van der Waals surface area (Å²) >= 11 is 0. The van der Waals surface area contributed by atoms with Gasteiger partial charge < -0.3 is 18.9 Å². The first-order valence-electron chi connectivity index (χ1n) is 6.32. The number of carbonyl (C=O) groups excluding carboxylic acids is 2. The van der Waals surface area contributed by atoms with E-state index in [-0.39, 0.29) is 26.4 Å². The standard InChI is InChI=1S/C14H18O6/c1-3-17-13(15)19-9-11-6-5-7-12(8-11)10-20-14(16)18-4-2/h5-8H,3-4,9-10H2,1-2H3. The molecule has 6 heteroatoms. The summed E-state index contributed by atoms with van der Waals surface area (Å²) in [6.07, 6.45) is -1.42. The second-order valence-electron chi connectivity index (χ2n) is 3.76. The number of hydrogen-bond acceptors (Lipinski definition) is 6. The Morgan fingerprint density at radius 3 is 1.70 bits per heavy atom. The van der Waals surface area contributed by atoms with E-state index in [1.807, 2.05) is 0 Å². The van der Waals surface area contributed by atoms with Gasteiger partial charge in [-0.3, -0.25) is 0 Å². The lowest BCUT2D eigenvalue weighted by atomic mass is 10.1. The molecule has 0 amide bonds. The van der Waals surface area contributed by atoms with Crippen molar-refractivity contribution in [1.29, 1.82) is 0 Å². The van der Waals surface area contributed by atoms with Crippen molar-refractivity contribution in [2.24, 2.45) is 0 Å². The first-order chi connectivity index (χ1) is 9.65. The molecule has 0 radical (unpaired) electrons. The van der Waals surface area contributed by atoms with Crippen LogP contribution in [0.3, 0.4) is 0 Å². The zero-order chi connectivity index (χ0) is 14.8. The Labute approximate surface area is 117 Å². The molecule has 0 bridgehead atoms. The summed E-state index contributed by atoms with van der Waals surface area (Å²) in [5, 5.41) is 0. The van der Waals surface area contributed by atoms with Gasteiger partial charge >= 0.3 is 12.3 Å². The third-order valence-corrected chi connectivity index (χ3v) is 2.23. The first-order valence-corrected chi connectivity index (χ1v) is 6.32. The van der Waals surface area contributed by atoms with E-state index < -0.39 is 12.3 Å². The molecule has 0 N–H and O–H groups in total. The highest BCUT2D eigenvalue weighted by Gasteiger charge is 2.05. The summed E-state index contributed by atoms with van der Waals surface area (Å²) in [4.78, 5) is 22.1. The van der Waals surface area contributed by atoms with Crippen LogP contribution >= 0.6 is 0 Å². The molecule has 6 nitrogen and oxygen atoms in total. The van der Waals surface area contributed by atoms with Crippen molar-refractivity contribution in [3.63, 3.8) is 0 Å². The molecule has 0 aliphatic rings. The van der Waals surface area contributed by atoms with E-state index >= 15 is 0 Å². The average molecular weight is 282 g/mol. The van der Waals surface area contributed by atoms with Crippen molar-refractivity contribution in [2.75, 3.05) is 13.2 Å². The van der Waals surface area contributed by atoms with E-state index in [2.05, 4.69) is 9.47 Å². The Bertz CT molecular complexity index is 406. The van der Waals surface area contributed by atoms with Gasteiger partial charge in [-0.1, -0.05) is 18.2 Å². The van der Waals surface area contributed by atoms with Crippen LogP contribution in [0.4, 0.5) is 9.59 Å². The molecule has 0 aliphatic carbocycles. The molecule has 0 saturated heterocycles. The van der Waals surface area contributed by atoms with Crippen LogP contribution in [-0.2, 0) is 32.2 Å². The van der Waals surface area contributed by atoms with Crippen molar-refractivity contribution in [1.82, 2.24) is 0 Å². The van der Waals surface area contributed by atoms with Gasteiger partial charge in [0, 0.05) is 0 Å². The highest BCUT2D eigenvalue weighted by molar-refractivity contribution is 5.60. The van der Waals surface area contributed by atoms with Gasteiger partial charge in [0.15, 0.2) is 0 Å². The fourth-order valence-electron chi connectivity index (χ4n) is 1.41. The lowest BCUT2D eigenvalue weighted by Crippen LogP contribution is -2.08. The monoisotopic (exact) mass is 282 g/mol. The van der Waals surface area contributed by atoms with Crippen LogP contribution in [0.5, 0.6) is 0 Å². The van der Waals surface area contributed by atoms with Crippen LogP contribution in [0.15, 0.2) is 24.3 Å². The first kappa shape index (κ1) is 15.8. The number of benzene rings is 1. The fraction of sp³-hybridized carbons (Fsp3) is 0.429. The van der Waals surface area contributed by atoms with Gasteiger partial charge in [0.25, 0.3) is 0 Å². The minimum atomic E-state index is -0.708. The molecular formula is C14H18O6. The zero-order valence-corrected chi connectivity index (χ0v) is 11.6. The molecular weight excluding hydrogens is 264 g/mol. The predicted octanol–water partition coefficient (Wildman–Crippen LogP) is 3.03. The Balaban J connectivity index is 2.45. The van der Waals surface area contributed by atoms with E-state index in [0.29, 0.717) is 0 Å². The van der Waals surface area contributed by atoms with Crippen molar-refractivity contribution >= 4 is 12.3 Å². The van der Waals surface area contributed by atoms with Crippen molar-refractivity contribution in [2.45, 2.75) is 27.1 Å². The Hall–Kier alpha value is -2.24. The van der Waals surface area contributed by atoms with Gasteiger partial charge in [0.1, 0.15) is 13.2 Å². The van der Waals surface area contributed by atoms with Crippen LogP contribution in [0.25, 0.3) is 0 Å². The third-order valence-electron chi connectivity index (χ3n) is 2.23. The second-order valence-corrected chi connectivity index (χ2v) is 3.76. The largest absolute Gasteiger partial charge is 0.508 e. The van der Waals surface area contributed by atoms with Gasteiger partial charge in [-0.15, -0.1) is 0 Å². The van der Waals surface area contributed by atoms with Crippen molar-refractivity contribution < 1.29 is 28.5 Å². The normalized spacial score (nSPS) is 9.70. The lowest BCUT2D eigenvalue weighted by molar-refractivity contribution is 0.0532. The maximum Gasteiger partial charge on any atom is 0.508 e. The van der Waals surface area contributed by atoms with E-state index in [0.717, 1.165) is 11.1 Å². The van der Waals surface area contributed by atoms with E-state index in [1.54, 1.807) is 38.1 Å². The zero-order valence-electron chi connectivity index (χ0n) is 11.6. The van der Waals surface area contributed by atoms with Gasteiger partial charge in [-0.2, -0.15) is 0 Å². The van der Waals surface area contributed by atoms with Crippen molar-refractivity contribution in [3.8, 4) is 0 Å². The highest BCUT2D eigenvalue weighted by atomic mass is 16.7. The Morgan fingerprint density at radius 1 is 0.850 bits per heavy atom. The van der Waals surface area contributed by atoms with Crippen LogP contribution in [0.2, 0.25) is 0 Å². The minimum Gasteiger partial charge on any atom is -0.435 e. The van der Waals surface area contributed by atoms with Crippen molar-refractivity contribution in [3.05, 3.63) is 35.4 Å². The SMILES string of the molecule is CCOC(=O)OCc1cccc(COC(=O)OCC)c1. The minimum absolute atomic E-state index is 0.103. The predicted molar refractivity (Wildman–Crippen MR) is 70.1 cm³/mol. The van der Waals surface area contributed by atoms with Gasteiger partial charge in [-0.25, -0.2) is 9.59 Å². The van der Waals surface area contributed by atoms with E-state index in [1.165, 1.54) is 0 Å². The molecule has 0 spiro atoms. The van der Waals surface area contributed by atoms with Crippen LogP contribution in [0.1, 0.15) is 25.0 Å². The highest BCUT2D eigenvalue weighted by Crippen LogP contribution is 2.09. The van der Waals surface area contributed by atoms with Gasteiger partial charge in [0.05, 0.1) is 13.2 Å². The smallest absolute Gasteiger partial charge is 0.435 e. The molecule has 0 unspecified atom stereocenters. The average Bonchev–Trinajstić information content (AvgIpc) is 2.44. The molecule has 20 heavy (non-hydrogen) atoms. The van der Waals surface area contributed by atoms with Gasteiger partial charge in [-0.05, 0) is 31.0 Å². The molecule has 1 rings (SSSR count).